The maximum atomic E-state index is 11.7. The Labute approximate surface area is 118 Å². The fourth-order valence-corrected chi connectivity index (χ4v) is 1.51. The van der Waals surface area contributed by atoms with Gasteiger partial charge in [0, 0.05) is 33.3 Å². The molecule has 1 amide bonds. The minimum Gasteiger partial charge on any atom is -0.462 e. The van der Waals surface area contributed by atoms with Crippen molar-refractivity contribution in [3.8, 4) is 0 Å². The van der Waals surface area contributed by atoms with Crippen molar-refractivity contribution in [3.05, 3.63) is 17.8 Å². The molecule has 0 saturated carbocycles. The van der Waals surface area contributed by atoms with Gasteiger partial charge in [0.25, 0.3) is 0 Å². The first-order valence-corrected chi connectivity index (χ1v) is 6.33. The van der Waals surface area contributed by atoms with Crippen LogP contribution in [0, 0.1) is 0 Å². The van der Waals surface area contributed by atoms with Crippen molar-refractivity contribution in [2.24, 2.45) is 0 Å². The van der Waals surface area contributed by atoms with Crippen molar-refractivity contribution in [2.75, 3.05) is 38.3 Å². The van der Waals surface area contributed by atoms with Crippen molar-refractivity contribution in [1.29, 1.82) is 0 Å². The molecule has 7 nitrogen and oxygen atoms in total. The number of nitrogens with zero attached hydrogens (tertiary/aromatic N) is 2. The van der Waals surface area contributed by atoms with E-state index in [1.54, 1.807) is 21.0 Å². The molecule has 0 aliphatic carbocycles. The number of pyridine rings is 1. The average molecular weight is 280 g/mol. The molecule has 1 aromatic rings. The molecule has 0 spiro atoms. The largest absolute Gasteiger partial charge is 0.462 e. The summed E-state index contributed by atoms with van der Waals surface area (Å²) in [4.78, 5) is 28.7. The van der Waals surface area contributed by atoms with E-state index in [-0.39, 0.29) is 23.8 Å². The fourth-order valence-electron chi connectivity index (χ4n) is 1.51. The highest BCUT2D eigenvalue weighted by molar-refractivity contribution is 5.97. The number of esters is 1. The van der Waals surface area contributed by atoms with Crippen LogP contribution >= 0.6 is 0 Å². The van der Waals surface area contributed by atoms with Gasteiger partial charge < -0.3 is 20.7 Å². The second kappa shape index (κ2) is 7.32. The zero-order valence-corrected chi connectivity index (χ0v) is 12.0. The van der Waals surface area contributed by atoms with Crippen molar-refractivity contribution in [3.63, 3.8) is 0 Å². The number of carbonyl (C=O) groups is 2. The summed E-state index contributed by atoms with van der Waals surface area (Å²) >= 11 is 0. The van der Waals surface area contributed by atoms with Crippen LogP contribution in [-0.2, 0) is 9.53 Å². The Morgan fingerprint density at radius 3 is 2.75 bits per heavy atom. The first kappa shape index (κ1) is 15.7. The number of nitrogens with one attached hydrogen (secondary N) is 1. The van der Waals surface area contributed by atoms with E-state index in [9.17, 15) is 9.59 Å². The number of anilines is 2. The predicted octanol–water partition coefficient (Wildman–Crippen LogP) is 0.731. The summed E-state index contributed by atoms with van der Waals surface area (Å²) < 4.78 is 4.90. The third-order valence-corrected chi connectivity index (χ3v) is 2.62. The Hall–Kier alpha value is -2.31. The van der Waals surface area contributed by atoms with E-state index in [1.165, 1.54) is 17.2 Å². The molecule has 0 saturated heterocycles. The summed E-state index contributed by atoms with van der Waals surface area (Å²) in [7, 11) is 3.38. The molecule has 7 heteroatoms. The highest BCUT2D eigenvalue weighted by Gasteiger charge is 2.14. The van der Waals surface area contributed by atoms with Crippen LogP contribution in [0.4, 0.5) is 11.5 Å². The van der Waals surface area contributed by atoms with Gasteiger partial charge in [0.2, 0.25) is 5.91 Å². The molecular weight excluding hydrogens is 260 g/mol. The van der Waals surface area contributed by atoms with Crippen molar-refractivity contribution in [2.45, 2.75) is 13.3 Å². The molecular formula is C13H20N4O3. The number of ether oxygens (including phenoxy) is 1. The van der Waals surface area contributed by atoms with Gasteiger partial charge in [-0.15, -0.1) is 0 Å². The van der Waals surface area contributed by atoms with Gasteiger partial charge >= 0.3 is 5.97 Å². The molecule has 1 heterocycles. The van der Waals surface area contributed by atoms with E-state index in [0.717, 1.165) is 0 Å². The van der Waals surface area contributed by atoms with Crippen LogP contribution < -0.4 is 11.1 Å². The van der Waals surface area contributed by atoms with E-state index in [0.29, 0.717) is 18.8 Å². The number of hydrogen-bond donors (Lipinski definition) is 2. The van der Waals surface area contributed by atoms with Gasteiger partial charge in [0.1, 0.15) is 5.82 Å². The first-order chi connectivity index (χ1) is 9.47. The smallest absolute Gasteiger partial charge is 0.340 e. The Morgan fingerprint density at radius 1 is 1.45 bits per heavy atom. The predicted molar refractivity (Wildman–Crippen MR) is 76.4 cm³/mol. The molecule has 0 aliphatic rings. The standard InChI is InChI=1S/C13H20N4O3/c1-4-20-13(19)9-5-7-15-12(11(9)14)16-8-6-10(18)17(2)3/h5,7H,4,6,8,14H2,1-3H3,(H,15,16). The highest BCUT2D eigenvalue weighted by Crippen LogP contribution is 2.20. The van der Waals surface area contributed by atoms with E-state index in [1.807, 2.05) is 0 Å². The van der Waals surface area contributed by atoms with Gasteiger partial charge in [-0.1, -0.05) is 0 Å². The third kappa shape index (κ3) is 4.11. The Bertz CT molecular complexity index is 489. The molecule has 0 radical (unpaired) electrons. The molecule has 3 N–H and O–H groups in total. The average Bonchev–Trinajstić information content (AvgIpc) is 2.40. The molecule has 0 aliphatic heterocycles. The molecule has 0 unspecified atom stereocenters. The van der Waals surface area contributed by atoms with Gasteiger partial charge in [0.05, 0.1) is 17.9 Å². The van der Waals surface area contributed by atoms with E-state index in [4.69, 9.17) is 10.5 Å². The van der Waals surface area contributed by atoms with E-state index in [2.05, 4.69) is 10.3 Å². The minimum absolute atomic E-state index is 0.00220. The topological polar surface area (TPSA) is 97.5 Å². The normalized spacial score (nSPS) is 9.95. The Morgan fingerprint density at radius 2 is 2.15 bits per heavy atom. The lowest BCUT2D eigenvalue weighted by Crippen LogP contribution is -2.24. The molecule has 20 heavy (non-hydrogen) atoms. The minimum atomic E-state index is -0.486. The molecule has 0 fully saturated rings. The quantitative estimate of drug-likeness (QED) is 0.746. The summed E-state index contributed by atoms with van der Waals surface area (Å²) in [5.41, 5.74) is 6.36. The Balaban J connectivity index is 2.70. The number of nitrogens with two attached hydrogens (primary N) is 1. The molecule has 110 valence electrons. The van der Waals surface area contributed by atoms with Crippen LogP contribution in [0.3, 0.4) is 0 Å². The van der Waals surface area contributed by atoms with Crippen LogP contribution in [0.2, 0.25) is 0 Å². The number of hydrogen-bond acceptors (Lipinski definition) is 6. The maximum Gasteiger partial charge on any atom is 0.340 e. The number of nitrogen functional groups attached to an aromatic ring is 1. The van der Waals surface area contributed by atoms with E-state index < -0.39 is 5.97 Å². The summed E-state index contributed by atoms with van der Waals surface area (Å²) in [6, 6.07) is 1.50. The van der Waals surface area contributed by atoms with Crippen molar-refractivity contribution < 1.29 is 14.3 Å². The van der Waals surface area contributed by atoms with Crippen LogP contribution in [0.5, 0.6) is 0 Å². The van der Waals surface area contributed by atoms with Crippen molar-refractivity contribution >= 4 is 23.4 Å². The van der Waals surface area contributed by atoms with Crippen LogP contribution in [0.25, 0.3) is 0 Å². The number of carbonyl (C=O) groups excluding carboxylic acids is 2. The molecule has 1 aromatic heterocycles. The number of amides is 1. The zero-order chi connectivity index (χ0) is 15.1. The molecule has 1 rings (SSSR count). The van der Waals surface area contributed by atoms with E-state index >= 15 is 0 Å². The van der Waals surface area contributed by atoms with Crippen LogP contribution in [-0.4, -0.2) is 49.0 Å². The monoisotopic (exact) mass is 280 g/mol. The van der Waals surface area contributed by atoms with Crippen LogP contribution in [0.1, 0.15) is 23.7 Å². The molecule has 0 atom stereocenters. The fraction of sp³-hybridized carbons (Fsp3) is 0.462. The Kier molecular flexibility index (Phi) is 5.76. The zero-order valence-electron chi connectivity index (χ0n) is 12.0. The third-order valence-electron chi connectivity index (χ3n) is 2.62. The first-order valence-electron chi connectivity index (χ1n) is 6.33. The maximum absolute atomic E-state index is 11.7. The lowest BCUT2D eigenvalue weighted by atomic mass is 10.2. The SMILES string of the molecule is CCOC(=O)c1ccnc(NCCC(=O)N(C)C)c1N. The van der Waals surface area contributed by atoms with Gasteiger partial charge in [0.15, 0.2) is 0 Å². The van der Waals surface area contributed by atoms with Gasteiger partial charge in [-0.25, -0.2) is 9.78 Å². The second-order valence-electron chi connectivity index (χ2n) is 4.31. The summed E-state index contributed by atoms with van der Waals surface area (Å²) in [6.45, 7) is 2.39. The van der Waals surface area contributed by atoms with Gasteiger partial charge in [-0.05, 0) is 13.0 Å². The van der Waals surface area contributed by atoms with Gasteiger partial charge in [-0.2, -0.15) is 0 Å². The summed E-state index contributed by atoms with van der Waals surface area (Å²) in [6.07, 6.45) is 1.79. The molecule has 0 bridgehead atoms. The number of rotatable bonds is 6. The summed E-state index contributed by atoms with van der Waals surface area (Å²) in [5, 5.41) is 2.94. The van der Waals surface area contributed by atoms with Crippen LogP contribution in [0.15, 0.2) is 12.3 Å². The second-order valence-corrected chi connectivity index (χ2v) is 4.31. The van der Waals surface area contributed by atoms with Crippen molar-refractivity contribution in [1.82, 2.24) is 9.88 Å². The summed E-state index contributed by atoms with van der Waals surface area (Å²) in [5.74, 6) is -0.112. The highest BCUT2D eigenvalue weighted by atomic mass is 16.5. The van der Waals surface area contributed by atoms with Gasteiger partial charge in [-0.3, -0.25) is 4.79 Å². The lowest BCUT2D eigenvalue weighted by molar-refractivity contribution is -0.128. The molecule has 0 aromatic carbocycles. The number of aromatic nitrogens is 1. The lowest BCUT2D eigenvalue weighted by Gasteiger charge is -2.13.